The molecule has 3 aromatic carbocycles. The van der Waals surface area contributed by atoms with Crippen molar-refractivity contribution in [1.29, 1.82) is 0 Å². The molecule has 170 valence electrons. The van der Waals surface area contributed by atoms with Gasteiger partial charge in [-0.05, 0) is 34.5 Å². The monoisotopic (exact) mass is 497 g/mol. The van der Waals surface area contributed by atoms with Crippen LogP contribution >= 0.6 is 23.5 Å². The Bertz CT molecular complexity index is 1330. The molecule has 1 saturated heterocycles. The van der Waals surface area contributed by atoms with Crippen molar-refractivity contribution in [1.82, 2.24) is 9.21 Å². The highest BCUT2D eigenvalue weighted by Crippen LogP contribution is 2.34. The SMILES string of the molecule is O=C(CSC1=Nc2ccccc2CS1)N1CCN(S(=O)(=O)c2ccc3ccccc3c2)CC1. The average molecular weight is 498 g/mol. The van der Waals surface area contributed by atoms with Crippen LogP contribution in [0.3, 0.4) is 0 Å². The summed E-state index contributed by atoms with van der Waals surface area (Å²) in [6, 6.07) is 21.0. The predicted molar refractivity (Wildman–Crippen MR) is 137 cm³/mol. The molecule has 3 aromatic rings. The average Bonchev–Trinajstić information content (AvgIpc) is 2.87. The van der Waals surface area contributed by atoms with Crippen LogP contribution < -0.4 is 0 Å². The quantitative estimate of drug-likeness (QED) is 0.536. The summed E-state index contributed by atoms with van der Waals surface area (Å²) < 4.78 is 28.7. The number of nitrogens with zero attached hydrogens (tertiary/aromatic N) is 3. The second-order valence-corrected chi connectivity index (χ2v) is 12.0. The van der Waals surface area contributed by atoms with Crippen LogP contribution in [0.15, 0.2) is 76.6 Å². The number of benzene rings is 3. The van der Waals surface area contributed by atoms with Crippen LogP contribution in [0.2, 0.25) is 0 Å². The first-order valence-corrected chi connectivity index (χ1v) is 14.1. The molecule has 2 heterocycles. The van der Waals surface area contributed by atoms with E-state index < -0.39 is 10.0 Å². The zero-order chi connectivity index (χ0) is 22.8. The molecule has 0 aromatic heterocycles. The normalized spacial score (nSPS) is 17.0. The zero-order valence-corrected chi connectivity index (χ0v) is 20.3. The summed E-state index contributed by atoms with van der Waals surface area (Å²) in [5.41, 5.74) is 2.18. The lowest BCUT2D eigenvalue weighted by molar-refractivity contribution is -0.129. The second kappa shape index (κ2) is 9.50. The molecule has 0 unspecified atom stereocenters. The van der Waals surface area contributed by atoms with E-state index in [2.05, 4.69) is 11.1 Å². The Labute approximate surface area is 202 Å². The molecule has 33 heavy (non-hydrogen) atoms. The molecule has 0 spiro atoms. The van der Waals surface area contributed by atoms with Crippen molar-refractivity contribution in [2.45, 2.75) is 10.6 Å². The number of carbonyl (C=O) groups excluding carboxylic acids is 1. The summed E-state index contributed by atoms with van der Waals surface area (Å²) in [6.07, 6.45) is 0. The molecule has 2 aliphatic rings. The summed E-state index contributed by atoms with van der Waals surface area (Å²) >= 11 is 3.11. The molecule has 0 saturated carbocycles. The summed E-state index contributed by atoms with van der Waals surface area (Å²) in [5.74, 6) is 1.19. The number of piperazine rings is 1. The molecule has 0 N–H and O–H groups in total. The fraction of sp³-hybridized carbons (Fsp3) is 0.250. The number of thioether (sulfide) groups is 2. The molecule has 1 fully saturated rings. The van der Waals surface area contributed by atoms with E-state index in [4.69, 9.17) is 0 Å². The van der Waals surface area contributed by atoms with Gasteiger partial charge >= 0.3 is 0 Å². The van der Waals surface area contributed by atoms with Gasteiger partial charge in [0.2, 0.25) is 15.9 Å². The van der Waals surface area contributed by atoms with Gasteiger partial charge < -0.3 is 4.90 Å². The largest absolute Gasteiger partial charge is 0.339 e. The van der Waals surface area contributed by atoms with Crippen molar-refractivity contribution >= 4 is 60.3 Å². The van der Waals surface area contributed by atoms with Crippen molar-refractivity contribution in [3.8, 4) is 0 Å². The summed E-state index contributed by atoms with van der Waals surface area (Å²) in [4.78, 5) is 19.4. The maximum atomic E-state index is 13.1. The van der Waals surface area contributed by atoms with Crippen molar-refractivity contribution in [3.05, 3.63) is 72.3 Å². The molecule has 0 atom stereocenters. The summed E-state index contributed by atoms with van der Waals surface area (Å²) in [5, 5.41) is 1.91. The number of fused-ring (bicyclic) bond motifs is 2. The van der Waals surface area contributed by atoms with Crippen LogP contribution in [-0.2, 0) is 20.6 Å². The fourth-order valence-electron chi connectivity index (χ4n) is 3.96. The van der Waals surface area contributed by atoms with Crippen molar-refractivity contribution in [3.63, 3.8) is 0 Å². The van der Waals surface area contributed by atoms with E-state index in [0.29, 0.717) is 36.8 Å². The van der Waals surface area contributed by atoms with Gasteiger partial charge in [0.25, 0.3) is 0 Å². The van der Waals surface area contributed by atoms with Crippen molar-refractivity contribution in [2.75, 3.05) is 31.9 Å². The Kier molecular flexibility index (Phi) is 6.47. The number of hydrogen-bond acceptors (Lipinski definition) is 6. The number of carbonyl (C=O) groups is 1. The highest BCUT2D eigenvalue weighted by molar-refractivity contribution is 8.38. The third-order valence-electron chi connectivity index (χ3n) is 5.82. The molecule has 5 rings (SSSR count). The maximum absolute atomic E-state index is 13.1. The van der Waals surface area contributed by atoms with E-state index in [1.807, 2.05) is 48.5 Å². The number of sulfonamides is 1. The Morgan fingerprint density at radius 3 is 2.48 bits per heavy atom. The highest BCUT2D eigenvalue weighted by atomic mass is 32.2. The lowest BCUT2D eigenvalue weighted by Gasteiger charge is -2.34. The lowest BCUT2D eigenvalue weighted by Crippen LogP contribution is -2.51. The number of hydrogen-bond donors (Lipinski definition) is 0. The maximum Gasteiger partial charge on any atom is 0.243 e. The minimum atomic E-state index is -3.59. The predicted octanol–water partition coefficient (Wildman–Crippen LogP) is 4.34. The standard InChI is InChI=1S/C24H23N3O3S3/c28-23(17-32-24-25-22-8-4-3-7-20(22)16-31-24)26-11-13-27(14-12-26)33(29,30)21-10-9-18-5-1-2-6-19(18)15-21/h1-10,15H,11-14,16-17H2. The smallest absolute Gasteiger partial charge is 0.243 e. The molecule has 6 nitrogen and oxygen atoms in total. The van der Waals surface area contributed by atoms with E-state index in [1.165, 1.54) is 21.6 Å². The van der Waals surface area contributed by atoms with Gasteiger partial charge in [0.15, 0.2) is 0 Å². The van der Waals surface area contributed by atoms with Crippen LogP contribution in [0.5, 0.6) is 0 Å². The Hall–Kier alpha value is -2.33. The van der Waals surface area contributed by atoms with Crippen molar-refractivity contribution in [2.24, 2.45) is 4.99 Å². The minimum absolute atomic E-state index is 0.0184. The second-order valence-electron chi connectivity index (χ2n) is 7.88. The molecule has 0 bridgehead atoms. The molecule has 9 heteroatoms. The van der Waals surface area contributed by atoms with Gasteiger partial charge in [-0.3, -0.25) is 4.79 Å². The molecular formula is C24H23N3O3S3. The Morgan fingerprint density at radius 1 is 0.939 bits per heavy atom. The molecule has 0 radical (unpaired) electrons. The highest BCUT2D eigenvalue weighted by Gasteiger charge is 2.30. The van der Waals surface area contributed by atoms with Gasteiger partial charge in [-0.2, -0.15) is 4.31 Å². The molecule has 1 amide bonds. The number of amides is 1. The Balaban J connectivity index is 1.18. The van der Waals surface area contributed by atoms with Gasteiger partial charge in [0.1, 0.15) is 4.38 Å². The van der Waals surface area contributed by atoms with E-state index in [0.717, 1.165) is 26.6 Å². The third kappa shape index (κ3) is 4.82. The van der Waals surface area contributed by atoms with Gasteiger partial charge in [-0.25, -0.2) is 13.4 Å². The first kappa shape index (κ1) is 22.5. The van der Waals surface area contributed by atoms with E-state index >= 15 is 0 Å². The summed E-state index contributed by atoms with van der Waals surface area (Å²) in [6.45, 7) is 1.40. The van der Waals surface area contributed by atoms with Crippen LogP contribution in [0, 0.1) is 0 Å². The van der Waals surface area contributed by atoms with E-state index in [1.54, 1.807) is 28.8 Å². The van der Waals surface area contributed by atoms with Gasteiger partial charge in [-0.1, -0.05) is 72.1 Å². The number of rotatable bonds is 4. The van der Waals surface area contributed by atoms with Crippen molar-refractivity contribution < 1.29 is 13.2 Å². The van der Waals surface area contributed by atoms with E-state index in [9.17, 15) is 13.2 Å². The number of para-hydroxylation sites is 1. The lowest BCUT2D eigenvalue weighted by atomic mass is 10.1. The van der Waals surface area contributed by atoms with Crippen LogP contribution in [0.4, 0.5) is 5.69 Å². The van der Waals surface area contributed by atoms with Gasteiger partial charge in [0, 0.05) is 31.9 Å². The fourth-order valence-corrected chi connectivity index (χ4v) is 7.38. The summed E-state index contributed by atoms with van der Waals surface area (Å²) in [7, 11) is -3.59. The van der Waals surface area contributed by atoms with E-state index in [-0.39, 0.29) is 5.91 Å². The zero-order valence-electron chi connectivity index (χ0n) is 17.9. The van der Waals surface area contributed by atoms with Gasteiger partial charge in [-0.15, -0.1) is 0 Å². The van der Waals surface area contributed by atoms with Crippen LogP contribution in [0.1, 0.15) is 5.56 Å². The minimum Gasteiger partial charge on any atom is -0.339 e. The van der Waals surface area contributed by atoms with Crippen LogP contribution in [0.25, 0.3) is 10.8 Å². The van der Waals surface area contributed by atoms with Crippen LogP contribution in [-0.4, -0.2) is 59.8 Å². The molecule has 2 aliphatic heterocycles. The first-order chi connectivity index (χ1) is 16.0. The third-order valence-corrected chi connectivity index (χ3v) is 9.95. The first-order valence-electron chi connectivity index (χ1n) is 10.7. The molecular weight excluding hydrogens is 474 g/mol. The Morgan fingerprint density at radius 2 is 1.67 bits per heavy atom. The molecule has 0 aliphatic carbocycles. The number of aliphatic imine (C=N–C) groups is 1. The van der Waals surface area contributed by atoms with Gasteiger partial charge in [0.05, 0.1) is 16.3 Å². The topological polar surface area (TPSA) is 70.1 Å².